The van der Waals surface area contributed by atoms with Crippen molar-refractivity contribution in [2.75, 3.05) is 5.32 Å². The molecule has 0 saturated heterocycles. The van der Waals surface area contributed by atoms with E-state index in [1.54, 1.807) is 0 Å². The molecular weight excluding hydrogens is 286 g/mol. The SMILES string of the molecule is CCCC=CC[C@H]1c2nc(NC(C)=O)nc3c2[C@@H](CC3)C[C@H]1C. The van der Waals surface area contributed by atoms with Gasteiger partial charge in [-0.1, -0.05) is 32.4 Å². The molecule has 4 nitrogen and oxygen atoms in total. The van der Waals surface area contributed by atoms with Crippen LogP contribution in [0.1, 0.15) is 81.7 Å². The van der Waals surface area contributed by atoms with Gasteiger partial charge in [-0.05, 0) is 49.5 Å². The lowest BCUT2D eigenvalue weighted by Gasteiger charge is -2.33. The molecule has 23 heavy (non-hydrogen) atoms. The summed E-state index contributed by atoms with van der Waals surface area (Å²) < 4.78 is 0. The van der Waals surface area contributed by atoms with Crippen molar-refractivity contribution < 1.29 is 4.79 Å². The second-order valence-corrected chi connectivity index (χ2v) is 7.02. The molecule has 124 valence electrons. The van der Waals surface area contributed by atoms with Gasteiger partial charge in [0.1, 0.15) is 0 Å². The minimum absolute atomic E-state index is 0.102. The second-order valence-electron chi connectivity index (χ2n) is 7.02. The number of rotatable bonds is 5. The number of carbonyl (C=O) groups is 1. The van der Waals surface area contributed by atoms with Crippen LogP contribution in [0.3, 0.4) is 0 Å². The fourth-order valence-corrected chi connectivity index (χ4v) is 4.11. The molecule has 1 amide bonds. The van der Waals surface area contributed by atoms with Gasteiger partial charge in [-0.25, -0.2) is 9.97 Å². The van der Waals surface area contributed by atoms with Gasteiger partial charge in [0.25, 0.3) is 0 Å². The molecule has 1 aromatic rings. The summed E-state index contributed by atoms with van der Waals surface area (Å²) in [7, 11) is 0. The third kappa shape index (κ3) is 3.31. The summed E-state index contributed by atoms with van der Waals surface area (Å²) in [5.41, 5.74) is 3.76. The summed E-state index contributed by atoms with van der Waals surface area (Å²) in [5.74, 6) is 2.09. The van der Waals surface area contributed by atoms with Gasteiger partial charge < -0.3 is 0 Å². The highest BCUT2D eigenvalue weighted by molar-refractivity contribution is 5.86. The zero-order chi connectivity index (χ0) is 16.4. The molecule has 0 bridgehead atoms. The first-order valence-electron chi connectivity index (χ1n) is 8.93. The first-order valence-corrected chi connectivity index (χ1v) is 8.93. The van der Waals surface area contributed by atoms with E-state index in [0.29, 0.717) is 23.7 Å². The highest BCUT2D eigenvalue weighted by Crippen LogP contribution is 2.49. The molecule has 0 spiro atoms. The van der Waals surface area contributed by atoms with Crippen molar-refractivity contribution in [3.05, 3.63) is 29.1 Å². The molecule has 3 atom stereocenters. The number of anilines is 1. The number of allylic oxidation sites excluding steroid dienone is 2. The van der Waals surface area contributed by atoms with Crippen LogP contribution in [-0.4, -0.2) is 15.9 Å². The number of nitrogens with one attached hydrogen (secondary N) is 1. The van der Waals surface area contributed by atoms with Crippen molar-refractivity contribution in [1.29, 1.82) is 0 Å². The van der Waals surface area contributed by atoms with E-state index >= 15 is 0 Å². The average molecular weight is 313 g/mol. The number of aryl methyl sites for hydroxylation is 1. The molecule has 4 heteroatoms. The van der Waals surface area contributed by atoms with Gasteiger partial charge in [-0.15, -0.1) is 0 Å². The largest absolute Gasteiger partial charge is 0.295 e. The lowest BCUT2D eigenvalue weighted by Crippen LogP contribution is -2.23. The average Bonchev–Trinajstić information content (AvgIpc) is 2.89. The molecule has 0 radical (unpaired) electrons. The number of amides is 1. The molecule has 3 rings (SSSR count). The molecule has 0 unspecified atom stereocenters. The molecule has 0 fully saturated rings. The lowest BCUT2D eigenvalue weighted by molar-refractivity contribution is -0.114. The van der Waals surface area contributed by atoms with E-state index in [1.165, 1.54) is 37.4 Å². The van der Waals surface area contributed by atoms with Crippen molar-refractivity contribution in [3.8, 4) is 0 Å². The Bertz CT molecular complexity index is 623. The predicted octanol–water partition coefficient (Wildman–Crippen LogP) is 4.33. The summed E-state index contributed by atoms with van der Waals surface area (Å²) in [4.78, 5) is 20.7. The van der Waals surface area contributed by atoms with Gasteiger partial charge in [-0.2, -0.15) is 0 Å². The molecular formula is C19H27N3O. The van der Waals surface area contributed by atoms with Gasteiger partial charge in [-0.3, -0.25) is 10.1 Å². The highest BCUT2D eigenvalue weighted by Gasteiger charge is 2.38. The van der Waals surface area contributed by atoms with E-state index in [2.05, 4.69) is 36.3 Å². The zero-order valence-corrected chi connectivity index (χ0v) is 14.4. The number of carbonyl (C=O) groups excluding carboxylic acids is 1. The van der Waals surface area contributed by atoms with E-state index in [-0.39, 0.29) is 5.91 Å². The van der Waals surface area contributed by atoms with E-state index in [1.807, 2.05) is 0 Å². The quantitative estimate of drug-likeness (QED) is 0.823. The topological polar surface area (TPSA) is 54.9 Å². The maximum Gasteiger partial charge on any atom is 0.229 e. The molecule has 1 heterocycles. The Morgan fingerprint density at radius 2 is 2.17 bits per heavy atom. The van der Waals surface area contributed by atoms with Gasteiger partial charge in [0.2, 0.25) is 11.9 Å². The van der Waals surface area contributed by atoms with Crippen molar-refractivity contribution in [1.82, 2.24) is 9.97 Å². The van der Waals surface area contributed by atoms with Gasteiger partial charge in [0, 0.05) is 18.5 Å². The van der Waals surface area contributed by atoms with Crippen molar-refractivity contribution in [2.24, 2.45) is 5.92 Å². The Kier molecular flexibility index (Phi) is 4.79. The molecule has 1 N–H and O–H groups in total. The van der Waals surface area contributed by atoms with Crippen LogP contribution in [0.4, 0.5) is 5.95 Å². The summed E-state index contributed by atoms with van der Waals surface area (Å²) in [6.45, 7) is 6.06. The third-order valence-electron chi connectivity index (χ3n) is 5.19. The second kappa shape index (κ2) is 6.81. The fourth-order valence-electron chi connectivity index (χ4n) is 4.11. The van der Waals surface area contributed by atoms with Gasteiger partial charge >= 0.3 is 0 Å². The predicted molar refractivity (Wildman–Crippen MR) is 92.6 cm³/mol. The fraction of sp³-hybridized carbons (Fsp3) is 0.632. The molecule has 0 aliphatic heterocycles. The minimum atomic E-state index is -0.102. The van der Waals surface area contributed by atoms with Crippen LogP contribution >= 0.6 is 0 Å². The van der Waals surface area contributed by atoms with Crippen LogP contribution in [0.25, 0.3) is 0 Å². The first kappa shape index (κ1) is 16.2. The Morgan fingerprint density at radius 3 is 2.91 bits per heavy atom. The van der Waals surface area contributed by atoms with Crippen LogP contribution in [0.5, 0.6) is 0 Å². The number of unbranched alkanes of at least 4 members (excludes halogenated alkanes) is 1. The number of hydrogen-bond donors (Lipinski definition) is 1. The van der Waals surface area contributed by atoms with Crippen LogP contribution in [0, 0.1) is 5.92 Å². The highest BCUT2D eigenvalue weighted by atomic mass is 16.1. The monoisotopic (exact) mass is 313 g/mol. The molecule has 0 aromatic carbocycles. The smallest absolute Gasteiger partial charge is 0.229 e. The van der Waals surface area contributed by atoms with Crippen LogP contribution in [0.2, 0.25) is 0 Å². The lowest BCUT2D eigenvalue weighted by atomic mass is 9.73. The summed E-state index contributed by atoms with van der Waals surface area (Å²) in [6, 6.07) is 0. The zero-order valence-electron chi connectivity index (χ0n) is 14.4. The van der Waals surface area contributed by atoms with Crippen molar-refractivity contribution in [2.45, 2.75) is 71.1 Å². The van der Waals surface area contributed by atoms with Crippen molar-refractivity contribution >= 4 is 11.9 Å². The normalized spacial score (nSPS) is 25.6. The Balaban J connectivity index is 1.93. The van der Waals surface area contributed by atoms with E-state index in [9.17, 15) is 4.79 Å². The van der Waals surface area contributed by atoms with E-state index in [0.717, 1.165) is 25.0 Å². The molecule has 2 aliphatic carbocycles. The Labute approximate surface area is 138 Å². The van der Waals surface area contributed by atoms with Crippen LogP contribution < -0.4 is 5.32 Å². The minimum Gasteiger partial charge on any atom is -0.295 e. The molecule has 0 saturated carbocycles. The number of nitrogens with zero attached hydrogens (tertiary/aromatic N) is 2. The third-order valence-corrected chi connectivity index (χ3v) is 5.19. The summed E-state index contributed by atoms with van der Waals surface area (Å²) >= 11 is 0. The number of hydrogen-bond acceptors (Lipinski definition) is 3. The Morgan fingerprint density at radius 1 is 1.35 bits per heavy atom. The Hall–Kier alpha value is -1.71. The number of aromatic nitrogens is 2. The maximum absolute atomic E-state index is 11.4. The van der Waals surface area contributed by atoms with Gasteiger partial charge in [0.05, 0.1) is 5.69 Å². The van der Waals surface area contributed by atoms with E-state index < -0.39 is 0 Å². The first-order chi connectivity index (χ1) is 11.1. The molecule has 1 aromatic heterocycles. The van der Waals surface area contributed by atoms with Crippen molar-refractivity contribution in [3.63, 3.8) is 0 Å². The summed E-state index contributed by atoms with van der Waals surface area (Å²) in [5, 5.41) is 2.78. The maximum atomic E-state index is 11.4. The standard InChI is InChI=1S/C19H27N3O/c1-4-5-6-7-8-15-12(2)11-14-9-10-16-17(14)18(15)22-19(21-16)20-13(3)23/h6-7,12,14-15H,4-5,8-11H2,1-3H3,(H,20,21,22,23)/t12-,14+,15-/m1/s1. The summed E-state index contributed by atoms with van der Waals surface area (Å²) in [6.07, 6.45) is 11.4. The van der Waals surface area contributed by atoms with Crippen LogP contribution in [0.15, 0.2) is 12.2 Å². The van der Waals surface area contributed by atoms with E-state index in [4.69, 9.17) is 4.98 Å². The van der Waals surface area contributed by atoms with Gasteiger partial charge in [0.15, 0.2) is 0 Å². The molecule has 2 aliphatic rings. The van der Waals surface area contributed by atoms with Crippen LogP contribution in [-0.2, 0) is 11.2 Å².